The largest absolute Gasteiger partial charge is 0.493 e. The van der Waals surface area contributed by atoms with Crippen molar-refractivity contribution in [1.82, 2.24) is 5.32 Å². The highest BCUT2D eigenvalue weighted by Crippen LogP contribution is 2.36. The third kappa shape index (κ3) is 5.42. The van der Waals surface area contributed by atoms with E-state index >= 15 is 0 Å². The number of hydrogen-bond donors (Lipinski definition) is 1. The fourth-order valence-electron chi connectivity index (χ4n) is 2.97. The molecule has 0 heterocycles. The molecule has 158 valence electrons. The van der Waals surface area contributed by atoms with Crippen molar-refractivity contribution >= 4 is 37.5 Å². The van der Waals surface area contributed by atoms with Gasteiger partial charge in [-0.2, -0.15) is 0 Å². The minimum Gasteiger partial charge on any atom is -0.493 e. The van der Waals surface area contributed by atoms with Gasteiger partial charge in [0.1, 0.15) is 0 Å². The summed E-state index contributed by atoms with van der Waals surface area (Å²) in [5.41, 5.74) is 1.31. The van der Waals surface area contributed by atoms with Crippen LogP contribution in [0.15, 0.2) is 40.9 Å². The first-order chi connectivity index (χ1) is 13.6. The van der Waals surface area contributed by atoms with Crippen LogP contribution in [0.25, 0.3) is 0 Å². The molecule has 0 aliphatic rings. The average molecular weight is 485 g/mol. The van der Waals surface area contributed by atoms with Gasteiger partial charge in [-0.3, -0.25) is 9.10 Å². The Bertz CT molecular complexity index is 994. The second-order valence-corrected chi connectivity index (χ2v) is 9.22. The Morgan fingerprint density at radius 3 is 2.31 bits per heavy atom. The smallest absolute Gasteiger partial charge is 0.254 e. The molecule has 0 saturated heterocycles. The van der Waals surface area contributed by atoms with Crippen molar-refractivity contribution in [2.45, 2.75) is 19.9 Å². The number of sulfonamides is 1. The van der Waals surface area contributed by atoms with E-state index in [1.165, 1.54) is 26.4 Å². The number of carbonyl (C=O) groups is 1. The topological polar surface area (TPSA) is 84.9 Å². The molecule has 9 heteroatoms. The van der Waals surface area contributed by atoms with E-state index in [9.17, 15) is 13.2 Å². The maximum atomic E-state index is 13.1. The number of amides is 1. The molecule has 0 aliphatic carbocycles. The SMILES string of the molecule is CCN(c1cc(OC)c(OC)cc1C(=O)NC(C)c1cccc(Br)c1)S(C)(=O)=O. The molecule has 0 aliphatic heterocycles. The summed E-state index contributed by atoms with van der Waals surface area (Å²) in [5.74, 6) is 0.248. The predicted molar refractivity (Wildman–Crippen MR) is 117 cm³/mol. The molecule has 1 amide bonds. The van der Waals surface area contributed by atoms with Crippen LogP contribution in [-0.4, -0.2) is 41.3 Å². The highest BCUT2D eigenvalue weighted by atomic mass is 79.9. The van der Waals surface area contributed by atoms with Crippen molar-refractivity contribution in [3.8, 4) is 11.5 Å². The normalized spacial score (nSPS) is 12.2. The number of ether oxygens (including phenoxy) is 2. The summed E-state index contributed by atoms with van der Waals surface area (Å²) in [6.07, 6.45) is 1.10. The molecule has 7 nitrogen and oxygen atoms in total. The zero-order valence-electron chi connectivity index (χ0n) is 17.0. The number of methoxy groups -OCH3 is 2. The Morgan fingerprint density at radius 2 is 1.79 bits per heavy atom. The molecule has 1 N–H and O–H groups in total. The molecule has 0 fully saturated rings. The van der Waals surface area contributed by atoms with Crippen LogP contribution in [0.5, 0.6) is 11.5 Å². The Hall–Kier alpha value is -2.26. The van der Waals surface area contributed by atoms with Gasteiger partial charge in [0.25, 0.3) is 5.91 Å². The lowest BCUT2D eigenvalue weighted by atomic mass is 10.1. The lowest BCUT2D eigenvalue weighted by molar-refractivity contribution is 0.0940. The van der Waals surface area contributed by atoms with E-state index in [1.807, 2.05) is 31.2 Å². The first-order valence-electron chi connectivity index (χ1n) is 8.92. The second kappa shape index (κ2) is 9.49. The molecule has 0 saturated carbocycles. The lowest BCUT2D eigenvalue weighted by Crippen LogP contribution is -2.33. The Labute approximate surface area is 180 Å². The molecule has 1 atom stereocenters. The van der Waals surface area contributed by atoms with Gasteiger partial charge >= 0.3 is 0 Å². The first-order valence-corrected chi connectivity index (χ1v) is 11.6. The van der Waals surface area contributed by atoms with Gasteiger partial charge in [0.05, 0.1) is 37.8 Å². The molecule has 0 bridgehead atoms. The molecule has 29 heavy (non-hydrogen) atoms. The van der Waals surface area contributed by atoms with Crippen molar-refractivity contribution in [3.05, 3.63) is 52.0 Å². The lowest BCUT2D eigenvalue weighted by Gasteiger charge is -2.25. The molecule has 2 aromatic carbocycles. The Morgan fingerprint density at radius 1 is 1.17 bits per heavy atom. The van der Waals surface area contributed by atoms with Crippen LogP contribution in [0.3, 0.4) is 0 Å². The summed E-state index contributed by atoms with van der Waals surface area (Å²) in [6, 6.07) is 10.3. The van der Waals surface area contributed by atoms with E-state index < -0.39 is 15.9 Å². The van der Waals surface area contributed by atoms with Gasteiger partial charge in [-0.15, -0.1) is 0 Å². The summed E-state index contributed by atoms with van der Waals surface area (Å²) in [5, 5.41) is 2.92. The number of benzene rings is 2. The summed E-state index contributed by atoms with van der Waals surface area (Å²) < 4.78 is 37.2. The predicted octanol–water partition coefficient (Wildman–Crippen LogP) is 3.74. The van der Waals surface area contributed by atoms with Crippen molar-refractivity contribution in [2.24, 2.45) is 0 Å². The average Bonchev–Trinajstić information content (AvgIpc) is 2.66. The number of rotatable bonds is 8. The third-order valence-corrected chi connectivity index (χ3v) is 6.15. The number of hydrogen-bond acceptors (Lipinski definition) is 5. The van der Waals surface area contributed by atoms with E-state index in [0.717, 1.165) is 20.6 Å². The van der Waals surface area contributed by atoms with Crippen LogP contribution in [-0.2, 0) is 10.0 Å². The summed E-state index contributed by atoms with van der Waals surface area (Å²) in [6.45, 7) is 3.72. The minimum atomic E-state index is -3.60. The van der Waals surface area contributed by atoms with Gasteiger partial charge < -0.3 is 14.8 Å². The maximum Gasteiger partial charge on any atom is 0.254 e. The molecule has 0 radical (unpaired) electrons. The van der Waals surface area contributed by atoms with Crippen molar-refractivity contribution in [3.63, 3.8) is 0 Å². The highest BCUT2D eigenvalue weighted by Gasteiger charge is 2.26. The molecule has 2 rings (SSSR count). The Balaban J connectivity index is 2.52. The standard InChI is InChI=1S/C20H25BrN2O5S/c1-6-23(29(5,25)26)17-12-19(28-4)18(27-3)11-16(17)20(24)22-13(2)14-8-7-9-15(21)10-14/h7-13H,6H2,1-5H3,(H,22,24). The number of nitrogens with zero attached hydrogens (tertiary/aromatic N) is 1. The minimum absolute atomic E-state index is 0.162. The van der Waals surface area contributed by atoms with E-state index in [-0.39, 0.29) is 23.8 Å². The number of carbonyl (C=O) groups excluding carboxylic acids is 1. The van der Waals surface area contributed by atoms with Crippen LogP contribution in [0.1, 0.15) is 35.8 Å². The molecule has 0 aromatic heterocycles. The van der Waals surface area contributed by atoms with Gasteiger partial charge in [-0.05, 0) is 37.6 Å². The van der Waals surface area contributed by atoms with Gasteiger partial charge in [-0.25, -0.2) is 8.42 Å². The monoisotopic (exact) mass is 484 g/mol. The quantitative estimate of drug-likeness (QED) is 0.616. The van der Waals surface area contributed by atoms with Crippen LogP contribution in [0, 0.1) is 0 Å². The first kappa shape index (κ1) is 23.0. The van der Waals surface area contributed by atoms with Crippen LogP contribution in [0.4, 0.5) is 5.69 Å². The highest BCUT2D eigenvalue weighted by molar-refractivity contribution is 9.10. The van der Waals surface area contributed by atoms with Crippen molar-refractivity contribution < 1.29 is 22.7 Å². The zero-order valence-corrected chi connectivity index (χ0v) is 19.4. The van der Waals surface area contributed by atoms with E-state index in [1.54, 1.807) is 6.92 Å². The van der Waals surface area contributed by atoms with Crippen LogP contribution in [0.2, 0.25) is 0 Å². The third-order valence-electron chi connectivity index (χ3n) is 4.40. The van der Waals surface area contributed by atoms with E-state index in [0.29, 0.717) is 11.5 Å². The number of anilines is 1. The van der Waals surface area contributed by atoms with Crippen molar-refractivity contribution in [2.75, 3.05) is 31.3 Å². The van der Waals surface area contributed by atoms with Gasteiger partial charge in [0, 0.05) is 17.1 Å². The second-order valence-electron chi connectivity index (χ2n) is 6.40. The number of nitrogens with one attached hydrogen (secondary N) is 1. The van der Waals surface area contributed by atoms with Gasteiger partial charge in [0.15, 0.2) is 11.5 Å². The van der Waals surface area contributed by atoms with Crippen LogP contribution >= 0.6 is 15.9 Å². The van der Waals surface area contributed by atoms with Crippen molar-refractivity contribution in [1.29, 1.82) is 0 Å². The molecular formula is C20H25BrN2O5S. The zero-order chi connectivity index (χ0) is 21.8. The van der Waals surface area contributed by atoms with E-state index in [2.05, 4.69) is 21.2 Å². The summed E-state index contributed by atoms with van der Waals surface area (Å²) in [7, 11) is -0.696. The number of halogens is 1. The van der Waals surface area contributed by atoms with Gasteiger partial charge in [0.2, 0.25) is 10.0 Å². The molecule has 1 unspecified atom stereocenters. The van der Waals surface area contributed by atoms with E-state index in [4.69, 9.17) is 9.47 Å². The fraction of sp³-hybridized carbons (Fsp3) is 0.350. The maximum absolute atomic E-state index is 13.1. The summed E-state index contributed by atoms with van der Waals surface area (Å²) >= 11 is 3.42. The molecule has 0 spiro atoms. The molecular weight excluding hydrogens is 460 g/mol. The Kier molecular flexibility index (Phi) is 7.54. The molecule has 2 aromatic rings. The fourth-order valence-corrected chi connectivity index (χ4v) is 4.37. The summed E-state index contributed by atoms with van der Waals surface area (Å²) in [4.78, 5) is 13.1. The van der Waals surface area contributed by atoms with Crippen LogP contribution < -0.4 is 19.1 Å². The van der Waals surface area contributed by atoms with Gasteiger partial charge in [-0.1, -0.05) is 28.1 Å².